The zero-order valence-corrected chi connectivity index (χ0v) is 11.2. The molecule has 1 N–H and O–H groups in total. The van der Waals surface area contributed by atoms with Gasteiger partial charge >= 0.3 is 6.18 Å². The summed E-state index contributed by atoms with van der Waals surface area (Å²) in [7, 11) is 0. The van der Waals surface area contributed by atoms with E-state index in [-0.39, 0.29) is 6.04 Å². The molecule has 1 aliphatic rings. The first-order valence-electron chi connectivity index (χ1n) is 6.52. The fourth-order valence-corrected chi connectivity index (χ4v) is 2.48. The van der Waals surface area contributed by atoms with E-state index in [1.807, 2.05) is 6.92 Å². The molecule has 2 unspecified atom stereocenters. The summed E-state index contributed by atoms with van der Waals surface area (Å²) in [6.07, 6.45) is -4.26. The van der Waals surface area contributed by atoms with Gasteiger partial charge in [0, 0.05) is 31.7 Å². The Balaban J connectivity index is 2.09. The summed E-state index contributed by atoms with van der Waals surface area (Å²) < 4.78 is 37.5. The molecule has 0 aromatic heterocycles. The molecule has 0 bridgehead atoms. The Hall–Kier alpha value is -1.07. The quantitative estimate of drug-likeness (QED) is 0.890. The second-order valence-electron chi connectivity index (χ2n) is 5.15. The average molecular weight is 272 g/mol. The van der Waals surface area contributed by atoms with Crippen molar-refractivity contribution in [3.63, 3.8) is 0 Å². The van der Waals surface area contributed by atoms with Gasteiger partial charge in [-0.25, -0.2) is 0 Å². The number of hydrogen-bond donors (Lipinski definition) is 1. The summed E-state index contributed by atoms with van der Waals surface area (Å²) in [6, 6.07) is 6.06. The van der Waals surface area contributed by atoms with E-state index in [2.05, 4.69) is 17.1 Å². The lowest BCUT2D eigenvalue weighted by Gasteiger charge is -2.36. The lowest BCUT2D eigenvalue weighted by molar-refractivity contribution is -0.137. The highest BCUT2D eigenvalue weighted by molar-refractivity contribution is 5.26. The zero-order chi connectivity index (χ0) is 14.0. The molecule has 1 aromatic rings. The molecule has 0 spiro atoms. The average Bonchev–Trinajstić information content (AvgIpc) is 2.37. The molecule has 0 amide bonds. The Kier molecular flexibility index (Phi) is 4.16. The summed E-state index contributed by atoms with van der Waals surface area (Å²) >= 11 is 0. The van der Waals surface area contributed by atoms with Crippen molar-refractivity contribution in [2.75, 3.05) is 19.6 Å². The minimum absolute atomic E-state index is 0.145. The molecule has 106 valence electrons. The van der Waals surface area contributed by atoms with Gasteiger partial charge in [-0.05, 0) is 31.5 Å². The maximum atomic E-state index is 12.5. The Morgan fingerprint density at radius 2 is 1.89 bits per heavy atom. The van der Waals surface area contributed by atoms with Gasteiger partial charge in [0.25, 0.3) is 0 Å². The van der Waals surface area contributed by atoms with Crippen molar-refractivity contribution >= 4 is 0 Å². The number of piperazine rings is 1. The summed E-state index contributed by atoms with van der Waals surface area (Å²) in [5.74, 6) is 0. The summed E-state index contributed by atoms with van der Waals surface area (Å²) in [5.41, 5.74) is 0.347. The van der Waals surface area contributed by atoms with E-state index in [1.54, 1.807) is 12.1 Å². The van der Waals surface area contributed by atoms with E-state index in [0.29, 0.717) is 6.04 Å². The predicted octanol–water partition coefficient (Wildman–Crippen LogP) is 3.06. The molecule has 0 saturated carbocycles. The highest BCUT2D eigenvalue weighted by Crippen LogP contribution is 2.30. The predicted molar refractivity (Wildman–Crippen MR) is 68.9 cm³/mol. The Morgan fingerprint density at radius 1 is 1.26 bits per heavy atom. The topological polar surface area (TPSA) is 15.3 Å². The maximum absolute atomic E-state index is 12.5. The molecule has 2 rings (SSSR count). The third-order valence-electron chi connectivity index (χ3n) is 3.67. The van der Waals surface area contributed by atoms with Crippen LogP contribution in [0.3, 0.4) is 0 Å². The van der Waals surface area contributed by atoms with Crippen LogP contribution < -0.4 is 5.32 Å². The minimum atomic E-state index is -4.26. The van der Waals surface area contributed by atoms with Crippen LogP contribution in [-0.4, -0.2) is 30.6 Å². The molecule has 1 aliphatic heterocycles. The second-order valence-corrected chi connectivity index (χ2v) is 5.15. The molecule has 1 heterocycles. The van der Waals surface area contributed by atoms with E-state index in [9.17, 15) is 13.2 Å². The van der Waals surface area contributed by atoms with Gasteiger partial charge in [0.05, 0.1) is 5.56 Å². The van der Waals surface area contributed by atoms with Crippen molar-refractivity contribution in [1.29, 1.82) is 0 Å². The highest BCUT2D eigenvalue weighted by atomic mass is 19.4. The smallest absolute Gasteiger partial charge is 0.312 e. The largest absolute Gasteiger partial charge is 0.416 e. The molecular weight excluding hydrogens is 253 g/mol. The van der Waals surface area contributed by atoms with Crippen LogP contribution in [0.4, 0.5) is 13.2 Å². The number of nitrogens with zero attached hydrogens (tertiary/aromatic N) is 1. The highest BCUT2D eigenvalue weighted by Gasteiger charge is 2.30. The van der Waals surface area contributed by atoms with E-state index >= 15 is 0 Å². The Morgan fingerprint density at radius 3 is 2.42 bits per heavy atom. The standard InChI is InChI=1S/C14H19F3N2/c1-10-9-19(8-7-18-10)11(2)12-3-5-13(6-4-12)14(15,16)17/h3-6,10-11,18H,7-9H2,1-2H3. The molecule has 1 saturated heterocycles. The van der Waals surface area contributed by atoms with Crippen molar-refractivity contribution in [1.82, 2.24) is 10.2 Å². The molecular formula is C14H19F3N2. The summed E-state index contributed by atoms with van der Waals surface area (Å²) in [4.78, 5) is 2.30. The molecule has 5 heteroatoms. The van der Waals surface area contributed by atoms with Gasteiger partial charge in [-0.2, -0.15) is 13.2 Å². The first-order valence-corrected chi connectivity index (χ1v) is 6.52. The lowest BCUT2D eigenvalue weighted by atomic mass is 10.0. The SMILES string of the molecule is CC1CN(C(C)c2ccc(C(F)(F)F)cc2)CCN1. The molecule has 0 radical (unpaired) electrons. The van der Waals surface area contributed by atoms with Crippen molar-refractivity contribution in [3.8, 4) is 0 Å². The number of alkyl halides is 3. The first-order chi connectivity index (χ1) is 8.88. The van der Waals surface area contributed by atoms with E-state index in [0.717, 1.165) is 37.3 Å². The number of halogens is 3. The Labute approximate surface area is 111 Å². The number of rotatable bonds is 2. The van der Waals surface area contributed by atoms with E-state index in [1.165, 1.54) is 0 Å². The maximum Gasteiger partial charge on any atom is 0.416 e. The fourth-order valence-electron chi connectivity index (χ4n) is 2.48. The van der Waals surface area contributed by atoms with Gasteiger partial charge in [0.1, 0.15) is 0 Å². The lowest BCUT2D eigenvalue weighted by Crippen LogP contribution is -2.49. The van der Waals surface area contributed by atoms with E-state index in [4.69, 9.17) is 0 Å². The van der Waals surface area contributed by atoms with Crippen LogP contribution in [0.5, 0.6) is 0 Å². The van der Waals surface area contributed by atoms with E-state index < -0.39 is 11.7 Å². The third kappa shape index (κ3) is 3.48. The Bertz CT molecular complexity index is 414. The molecule has 1 aromatic carbocycles. The van der Waals surface area contributed by atoms with Gasteiger partial charge in [-0.1, -0.05) is 12.1 Å². The molecule has 2 atom stereocenters. The van der Waals surface area contributed by atoms with Crippen LogP contribution in [0.2, 0.25) is 0 Å². The second kappa shape index (κ2) is 5.51. The van der Waals surface area contributed by atoms with Crippen LogP contribution in [0.15, 0.2) is 24.3 Å². The monoisotopic (exact) mass is 272 g/mol. The van der Waals surface area contributed by atoms with Crippen LogP contribution >= 0.6 is 0 Å². The molecule has 19 heavy (non-hydrogen) atoms. The van der Waals surface area contributed by atoms with Crippen LogP contribution in [0.1, 0.15) is 31.0 Å². The van der Waals surface area contributed by atoms with Gasteiger partial charge in [0.2, 0.25) is 0 Å². The number of benzene rings is 1. The fraction of sp³-hybridized carbons (Fsp3) is 0.571. The summed E-state index contributed by atoms with van der Waals surface area (Å²) in [5, 5.41) is 3.36. The van der Waals surface area contributed by atoms with Gasteiger partial charge in [0.15, 0.2) is 0 Å². The zero-order valence-electron chi connectivity index (χ0n) is 11.2. The number of nitrogens with one attached hydrogen (secondary N) is 1. The van der Waals surface area contributed by atoms with Gasteiger partial charge < -0.3 is 5.32 Å². The van der Waals surface area contributed by atoms with Crippen LogP contribution in [0.25, 0.3) is 0 Å². The van der Waals surface area contributed by atoms with Crippen molar-refractivity contribution in [2.24, 2.45) is 0 Å². The van der Waals surface area contributed by atoms with Gasteiger partial charge in [-0.15, -0.1) is 0 Å². The van der Waals surface area contributed by atoms with Crippen molar-refractivity contribution < 1.29 is 13.2 Å². The third-order valence-corrected chi connectivity index (χ3v) is 3.67. The molecule has 1 fully saturated rings. The molecule has 2 nitrogen and oxygen atoms in total. The van der Waals surface area contributed by atoms with Gasteiger partial charge in [-0.3, -0.25) is 4.90 Å². The first kappa shape index (κ1) is 14.3. The van der Waals surface area contributed by atoms with Crippen molar-refractivity contribution in [3.05, 3.63) is 35.4 Å². The normalized spacial score (nSPS) is 23.3. The minimum Gasteiger partial charge on any atom is -0.312 e. The van der Waals surface area contributed by atoms with Crippen molar-refractivity contribution in [2.45, 2.75) is 32.1 Å². The molecule has 0 aliphatic carbocycles. The number of hydrogen-bond acceptors (Lipinski definition) is 2. The van der Waals surface area contributed by atoms with Crippen LogP contribution in [-0.2, 0) is 6.18 Å². The summed E-state index contributed by atoms with van der Waals surface area (Å²) in [6.45, 7) is 6.92. The van der Waals surface area contributed by atoms with Crippen LogP contribution in [0, 0.1) is 0 Å².